The number of nitrogens with zero attached hydrogens (tertiary/aromatic N) is 2. The standard InChI is InChI=1S/C25H23FN2.C8H16.C4H10.C2H6/c1-17(2)22-13-14-24(23-10-5-4-8-20(23)16-27)28-25(22)18(3)11-12-19-7-6-9-21(26)15-19;1-7(2)6-8(3,4)5;1-3-4-2;1-2/h4-10,13-15,18H,1,11-12H2,2-3H3;1,6H2,2-5H3;3-4H2,1-2H3;1-2H3. The van der Waals surface area contributed by atoms with Crippen molar-refractivity contribution in [3.05, 3.63) is 108 Å². The van der Waals surface area contributed by atoms with Crippen molar-refractivity contribution in [2.75, 3.05) is 0 Å². The van der Waals surface area contributed by atoms with Crippen LogP contribution in [0.1, 0.15) is 123 Å². The number of aromatic nitrogens is 1. The molecule has 0 spiro atoms. The van der Waals surface area contributed by atoms with E-state index in [0.29, 0.717) is 11.0 Å². The molecule has 0 bridgehead atoms. The fourth-order valence-corrected chi connectivity index (χ4v) is 4.28. The van der Waals surface area contributed by atoms with Crippen molar-refractivity contribution in [2.45, 2.75) is 107 Å². The highest BCUT2D eigenvalue weighted by molar-refractivity contribution is 5.71. The Morgan fingerprint density at radius 3 is 2.05 bits per heavy atom. The van der Waals surface area contributed by atoms with Gasteiger partial charge in [0.05, 0.1) is 23.0 Å². The van der Waals surface area contributed by atoms with Crippen LogP contribution in [-0.4, -0.2) is 4.98 Å². The number of hydrogen-bond acceptors (Lipinski definition) is 2. The van der Waals surface area contributed by atoms with Gasteiger partial charge in [-0.3, -0.25) is 4.98 Å². The minimum absolute atomic E-state index is 0.171. The minimum Gasteiger partial charge on any atom is -0.252 e. The van der Waals surface area contributed by atoms with E-state index in [4.69, 9.17) is 4.98 Å². The molecule has 1 heterocycles. The molecule has 1 unspecified atom stereocenters. The molecule has 3 heteroatoms. The van der Waals surface area contributed by atoms with E-state index in [2.05, 4.69) is 67.7 Å². The first kappa shape index (κ1) is 38.5. The Morgan fingerprint density at radius 2 is 1.57 bits per heavy atom. The summed E-state index contributed by atoms with van der Waals surface area (Å²) in [7, 11) is 0. The van der Waals surface area contributed by atoms with E-state index in [1.54, 1.807) is 18.2 Å². The van der Waals surface area contributed by atoms with Crippen LogP contribution in [0.4, 0.5) is 4.39 Å². The Bertz CT molecular complexity index is 1270. The zero-order valence-electron chi connectivity index (χ0n) is 28.1. The number of hydrogen-bond donors (Lipinski definition) is 0. The van der Waals surface area contributed by atoms with E-state index in [1.807, 2.05) is 57.2 Å². The number of pyridine rings is 1. The molecule has 3 rings (SSSR count). The van der Waals surface area contributed by atoms with Gasteiger partial charge in [0.15, 0.2) is 0 Å². The highest BCUT2D eigenvalue weighted by Crippen LogP contribution is 2.31. The molecular weight excluding hydrogens is 515 g/mol. The third kappa shape index (κ3) is 14.9. The molecule has 0 saturated carbocycles. The molecule has 0 aliphatic carbocycles. The second-order valence-corrected chi connectivity index (χ2v) is 11.8. The zero-order valence-corrected chi connectivity index (χ0v) is 28.1. The third-order valence-corrected chi connectivity index (χ3v) is 6.26. The monoisotopic (exact) mass is 570 g/mol. The van der Waals surface area contributed by atoms with Gasteiger partial charge in [-0.1, -0.05) is 117 Å². The molecule has 228 valence electrons. The van der Waals surface area contributed by atoms with E-state index < -0.39 is 0 Å². The highest BCUT2D eigenvalue weighted by Gasteiger charge is 2.16. The number of benzene rings is 2. The molecule has 0 fully saturated rings. The average molecular weight is 571 g/mol. The fourth-order valence-electron chi connectivity index (χ4n) is 4.28. The molecule has 0 amide bonds. The Kier molecular flexibility index (Phi) is 18.7. The van der Waals surface area contributed by atoms with Gasteiger partial charge >= 0.3 is 0 Å². The molecule has 2 nitrogen and oxygen atoms in total. The van der Waals surface area contributed by atoms with Gasteiger partial charge in [-0.15, -0.1) is 6.58 Å². The van der Waals surface area contributed by atoms with Crippen LogP contribution in [0, 0.1) is 22.6 Å². The molecule has 2 aromatic carbocycles. The second kappa shape index (κ2) is 20.4. The third-order valence-electron chi connectivity index (χ3n) is 6.26. The molecule has 0 saturated heterocycles. The molecule has 0 aliphatic heterocycles. The fraction of sp³-hybridized carbons (Fsp3) is 0.436. The van der Waals surface area contributed by atoms with Gasteiger partial charge in [0, 0.05) is 5.56 Å². The normalized spacial score (nSPS) is 10.8. The number of nitriles is 1. The van der Waals surface area contributed by atoms with Crippen molar-refractivity contribution in [1.82, 2.24) is 4.98 Å². The lowest BCUT2D eigenvalue weighted by molar-refractivity contribution is 0.410. The van der Waals surface area contributed by atoms with Crippen molar-refractivity contribution in [1.29, 1.82) is 5.26 Å². The maximum atomic E-state index is 13.4. The van der Waals surface area contributed by atoms with Crippen LogP contribution in [0.2, 0.25) is 0 Å². The van der Waals surface area contributed by atoms with Gasteiger partial charge < -0.3 is 0 Å². The van der Waals surface area contributed by atoms with Crippen LogP contribution >= 0.6 is 0 Å². The number of halogens is 1. The second-order valence-electron chi connectivity index (χ2n) is 11.8. The molecule has 1 aromatic heterocycles. The van der Waals surface area contributed by atoms with Crippen LogP contribution in [0.25, 0.3) is 16.8 Å². The lowest BCUT2D eigenvalue weighted by atomic mass is 9.89. The Morgan fingerprint density at radius 1 is 0.952 bits per heavy atom. The van der Waals surface area contributed by atoms with Crippen molar-refractivity contribution in [3.63, 3.8) is 0 Å². The Balaban J connectivity index is 0.00000101. The maximum absolute atomic E-state index is 13.4. The largest absolute Gasteiger partial charge is 0.252 e. The molecule has 0 aliphatic rings. The molecule has 0 radical (unpaired) electrons. The predicted octanol–water partition coefficient (Wildman–Crippen LogP) is 12.4. The first-order valence-electron chi connectivity index (χ1n) is 15.4. The summed E-state index contributed by atoms with van der Waals surface area (Å²) in [5.41, 5.74) is 7.86. The molecule has 1 atom stereocenters. The summed E-state index contributed by atoms with van der Waals surface area (Å²) in [5.74, 6) is -0.0369. The van der Waals surface area contributed by atoms with E-state index in [9.17, 15) is 9.65 Å². The first-order chi connectivity index (χ1) is 19.8. The molecule has 3 aromatic rings. The summed E-state index contributed by atoms with van der Waals surface area (Å²) in [6.45, 7) is 29.1. The van der Waals surface area contributed by atoms with Gasteiger partial charge in [-0.25, -0.2) is 4.39 Å². The van der Waals surface area contributed by atoms with Crippen LogP contribution in [0.3, 0.4) is 0 Å². The van der Waals surface area contributed by atoms with Gasteiger partial charge in [0.1, 0.15) is 5.82 Å². The molecule has 42 heavy (non-hydrogen) atoms. The number of allylic oxidation sites excluding steroid dienone is 2. The SMILES string of the molecule is C=C(C)CC(C)(C)C.C=C(C)c1ccc(-c2ccccc2C#N)nc1C(C)CCc1cccc(F)c1.CC.CCCC. The summed E-state index contributed by atoms with van der Waals surface area (Å²) in [6, 6.07) is 20.4. The summed E-state index contributed by atoms with van der Waals surface area (Å²) in [4.78, 5) is 4.92. The number of aryl methyl sites for hydroxylation is 1. The summed E-state index contributed by atoms with van der Waals surface area (Å²) >= 11 is 0. The lowest BCUT2D eigenvalue weighted by Crippen LogP contribution is -2.05. The quantitative estimate of drug-likeness (QED) is 0.253. The van der Waals surface area contributed by atoms with Gasteiger partial charge in [-0.05, 0) is 85.4 Å². The minimum atomic E-state index is -0.207. The Hall–Kier alpha value is -3.51. The summed E-state index contributed by atoms with van der Waals surface area (Å²) in [6.07, 6.45) is 5.39. The van der Waals surface area contributed by atoms with Crippen molar-refractivity contribution < 1.29 is 4.39 Å². The van der Waals surface area contributed by atoms with Gasteiger partial charge in [0.25, 0.3) is 0 Å². The van der Waals surface area contributed by atoms with Crippen LogP contribution in [0.15, 0.2) is 79.4 Å². The van der Waals surface area contributed by atoms with Gasteiger partial charge in [0.2, 0.25) is 0 Å². The highest BCUT2D eigenvalue weighted by atomic mass is 19.1. The first-order valence-corrected chi connectivity index (χ1v) is 15.4. The number of unbranched alkanes of at least 4 members (excludes halogenated alkanes) is 1. The number of rotatable bonds is 8. The zero-order chi connectivity index (χ0) is 32.3. The van der Waals surface area contributed by atoms with E-state index >= 15 is 0 Å². The van der Waals surface area contributed by atoms with E-state index in [-0.39, 0.29) is 11.7 Å². The Labute approximate surface area is 257 Å². The summed E-state index contributed by atoms with van der Waals surface area (Å²) in [5, 5.41) is 9.41. The van der Waals surface area contributed by atoms with Crippen LogP contribution < -0.4 is 0 Å². The van der Waals surface area contributed by atoms with Crippen molar-refractivity contribution in [3.8, 4) is 17.3 Å². The predicted molar refractivity (Wildman–Crippen MR) is 183 cm³/mol. The summed E-state index contributed by atoms with van der Waals surface area (Å²) < 4.78 is 13.4. The average Bonchev–Trinajstić information content (AvgIpc) is 2.95. The maximum Gasteiger partial charge on any atom is 0.123 e. The smallest absolute Gasteiger partial charge is 0.123 e. The molecular formula is C39H55FN2. The van der Waals surface area contributed by atoms with E-state index in [0.717, 1.165) is 52.9 Å². The van der Waals surface area contributed by atoms with Gasteiger partial charge in [-0.2, -0.15) is 5.26 Å². The van der Waals surface area contributed by atoms with Crippen molar-refractivity contribution >= 4 is 5.57 Å². The topological polar surface area (TPSA) is 36.7 Å². The van der Waals surface area contributed by atoms with Crippen LogP contribution in [-0.2, 0) is 6.42 Å². The van der Waals surface area contributed by atoms with E-state index in [1.165, 1.54) is 24.5 Å². The lowest BCUT2D eigenvalue weighted by Gasteiger charge is -2.17. The van der Waals surface area contributed by atoms with Crippen LogP contribution in [0.5, 0.6) is 0 Å². The van der Waals surface area contributed by atoms with Crippen molar-refractivity contribution in [2.24, 2.45) is 5.41 Å². The molecule has 0 N–H and O–H groups in total.